The Hall–Kier alpha value is -3.07. The zero-order valence-corrected chi connectivity index (χ0v) is 20.3. The Balaban J connectivity index is 1.82. The predicted molar refractivity (Wildman–Crippen MR) is 133 cm³/mol. The summed E-state index contributed by atoms with van der Waals surface area (Å²) in [5.41, 5.74) is 2.19. The Kier molecular flexibility index (Phi) is 8.92. The number of carbonyl (C=O) groups excluding carboxylic acids is 1. The second-order valence-corrected chi connectivity index (χ2v) is 9.96. The fraction of sp³-hybridized carbons (Fsp3) is 0.240. The summed E-state index contributed by atoms with van der Waals surface area (Å²) in [7, 11) is -3.86. The van der Waals surface area contributed by atoms with Gasteiger partial charge in [-0.3, -0.25) is 9.10 Å². The SMILES string of the molecule is Cc1ccc(S(=O)(=O)N(Cc2ccc(Cl)cc2)c2ccc(OCC(=O)NCCCO)cc2)cc1. The molecule has 1 amide bonds. The lowest BCUT2D eigenvalue weighted by Gasteiger charge is -2.25. The molecule has 0 radical (unpaired) electrons. The molecule has 0 aliphatic rings. The number of carbonyl (C=O) groups is 1. The highest BCUT2D eigenvalue weighted by Gasteiger charge is 2.25. The van der Waals surface area contributed by atoms with E-state index in [-0.39, 0.29) is 30.6 Å². The summed E-state index contributed by atoms with van der Waals surface area (Å²) in [4.78, 5) is 12.0. The number of anilines is 1. The maximum atomic E-state index is 13.5. The van der Waals surface area contributed by atoms with Crippen molar-refractivity contribution in [1.82, 2.24) is 5.32 Å². The lowest BCUT2D eigenvalue weighted by molar-refractivity contribution is -0.123. The normalized spacial score (nSPS) is 11.1. The van der Waals surface area contributed by atoms with Gasteiger partial charge in [0.05, 0.1) is 17.1 Å². The average molecular weight is 503 g/mol. The second-order valence-electron chi connectivity index (χ2n) is 7.66. The van der Waals surface area contributed by atoms with Crippen molar-refractivity contribution in [2.75, 3.05) is 24.1 Å². The molecule has 2 N–H and O–H groups in total. The Morgan fingerprint density at radius 3 is 2.26 bits per heavy atom. The second kappa shape index (κ2) is 11.9. The van der Waals surface area contributed by atoms with Crippen LogP contribution in [0.2, 0.25) is 5.02 Å². The third-order valence-corrected chi connectivity index (χ3v) is 7.04. The van der Waals surface area contributed by atoms with Crippen molar-refractivity contribution in [2.24, 2.45) is 0 Å². The minimum absolute atomic E-state index is 0.000611. The molecular formula is C25H27ClN2O5S. The first-order valence-electron chi connectivity index (χ1n) is 10.7. The number of nitrogens with zero attached hydrogens (tertiary/aromatic N) is 1. The monoisotopic (exact) mass is 502 g/mol. The molecule has 0 aliphatic heterocycles. The van der Waals surface area contributed by atoms with Crippen LogP contribution in [0.25, 0.3) is 0 Å². The first kappa shape index (κ1) is 25.6. The van der Waals surface area contributed by atoms with E-state index < -0.39 is 10.0 Å². The van der Waals surface area contributed by atoms with Crippen LogP contribution >= 0.6 is 11.6 Å². The molecule has 180 valence electrons. The number of halogens is 1. The van der Waals surface area contributed by atoms with Crippen LogP contribution in [0.1, 0.15) is 17.5 Å². The molecule has 0 unspecified atom stereocenters. The number of aryl methyl sites for hydroxylation is 1. The number of hydrogen-bond donors (Lipinski definition) is 2. The van der Waals surface area contributed by atoms with E-state index in [1.165, 1.54) is 4.31 Å². The fourth-order valence-electron chi connectivity index (χ4n) is 3.12. The molecule has 0 atom stereocenters. The summed E-state index contributed by atoms with van der Waals surface area (Å²) >= 11 is 5.99. The van der Waals surface area contributed by atoms with Crippen LogP contribution in [0.5, 0.6) is 5.75 Å². The van der Waals surface area contributed by atoms with Gasteiger partial charge in [-0.15, -0.1) is 0 Å². The topological polar surface area (TPSA) is 95.9 Å². The van der Waals surface area contributed by atoms with E-state index in [1.807, 2.05) is 6.92 Å². The Bertz CT molecular complexity index is 1180. The fourth-order valence-corrected chi connectivity index (χ4v) is 4.70. The molecule has 9 heteroatoms. The summed E-state index contributed by atoms with van der Waals surface area (Å²) in [5.74, 6) is 0.129. The number of rotatable bonds is 11. The lowest BCUT2D eigenvalue weighted by Crippen LogP contribution is -2.31. The van der Waals surface area contributed by atoms with Gasteiger partial charge < -0.3 is 15.2 Å². The first-order valence-corrected chi connectivity index (χ1v) is 12.6. The minimum Gasteiger partial charge on any atom is -0.484 e. The molecule has 0 heterocycles. The molecule has 0 bridgehead atoms. The molecule has 0 aromatic heterocycles. The number of sulfonamides is 1. The molecule has 34 heavy (non-hydrogen) atoms. The third kappa shape index (κ3) is 6.96. The number of aliphatic hydroxyl groups is 1. The lowest BCUT2D eigenvalue weighted by atomic mass is 10.2. The summed E-state index contributed by atoms with van der Waals surface area (Å²) < 4.78 is 33.9. The maximum Gasteiger partial charge on any atom is 0.264 e. The average Bonchev–Trinajstić information content (AvgIpc) is 2.83. The highest BCUT2D eigenvalue weighted by atomic mass is 35.5. The van der Waals surface area contributed by atoms with Crippen LogP contribution < -0.4 is 14.4 Å². The van der Waals surface area contributed by atoms with E-state index in [2.05, 4.69) is 5.32 Å². The van der Waals surface area contributed by atoms with Crippen LogP contribution in [0.3, 0.4) is 0 Å². The van der Waals surface area contributed by atoms with Gasteiger partial charge in [0.2, 0.25) is 0 Å². The summed E-state index contributed by atoms with van der Waals surface area (Å²) in [6.07, 6.45) is 0.472. The Morgan fingerprint density at radius 2 is 1.65 bits per heavy atom. The van der Waals surface area contributed by atoms with E-state index in [0.29, 0.717) is 29.4 Å². The van der Waals surface area contributed by atoms with Gasteiger partial charge in [0.1, 0.15) is 5.75 Å². The third-order valence-electron chi connectivity index (χ3n) is 5.00. The van der Waals surface area contributed by atoms with Gasteiger partial charge in [-0.05, 0) is 67.4 Å². The highest BCUT2D eigenvalue weighted by molar-refractivity contribution is 7.92. The molecule has 3 aromatic carbocycles. The largest absolute Gasteiger partial charge is 0.484 e. The van der Waals surface area contributed by atoms with Crippen molar-refractivity contribution in [1.29, 1.82) is 0 Å². The van der Waals surface area contributed by atoms with Crippen molar-refractivity contribution in [2.45, 2.75) is 24.8 Å². The first-order chi connectivity index (χ1) is 16.3. The predicted octanol–water partition coefficient (Wildman–Crippen LogP) is 3.92. The molecule has 0 saturated heterocycles. The Labute approximate surface area is 205 Å². The minimum atomic E-state index is -3.86. The van der Waals surface area contributed by atoms with Gasteiger partial charge in [-0.1, -0.05) is 41.4 Å². The van der Waals surface area contributed by atoms with Gasteiger partial charge in [0.15, 0.2) is 6.61 Å². The molecule has 7 nitrogen and oxygen atoms in total. The molecule has 0 spiro atoms. The zero-order chi connectivity index (χ0) is 24.6. The van der Waals surface area contributed by atoms with E-state index in [9.17, 15) is 13.2 Å². The van der Waals surface area contributed by atoms with Gasteiger partial charge in [0.25, 0.3) is 15.9 Å². The molecular weight excluding hydrogens is 476 g/mol. The molecule has 3 aromatic rings. The number of hydrogen-bond acceptors (Lipinski definition) is 5. The molecule has 3 rings (SSSR count). The Morgan fingerprint density at radius 1 is 1.00 bits per heavy atom. The quantitative estimate of drug-likeness (QED) is 0.387. The van der Waals surface area contributed by atoms with Crippen LogP contribution in [0, 0.1) is 6.92 Å². The summed E-state index contributed by atoms with van der Waals surface area (Å²) in [6, 6.07) is 20.2. The molecule has 0 aliphatic carbocycles. The van der Waals surface area contributed by atoms with Gasteiger partial charge in [-0.2, -0.15) is 0 Å². The van der Waals surface area contributed by atoms with Crippen LogP contribution in [0.15, 0.2) is 77.7 Å². The van der Waals surface area contributed by atoms with Crippen molar-refractivity contribution in [3.63, 3.8) is 0 Å². The van der Waals surface area contributed by atoms with Gasteiger partial charge in [0, 0.05) is 18.2 Å². The van der Waals surface area contributed by atoms with Crippen molar-refractivity contribution >= 4 is 33.2 Å². The number of nitrogens with one attached hydrogen (secondary N) is 1. The van der Waals surface area contributed by atoms with Gasteiger partial charge in [-0.25, -0.2) is 8.42 Å². The van der Waals surface area contributed by atoms with Gasteiger partial charge >= 0.3 is 0 Å². The van der Waals surface area contributed by atoms with Crippen LogP contribution in [-0.2, 0) is 21.4 Å². The number of amides is 1. The summed E-state index contributed by atoms with van der Waals surface area (Å²) in [6.45, 7) is 2.20. The van der Waals surface area contributed by atoms with E-state index in [0.717, 1.165) is 11.1 Å². The molecule has 0 saturated carbocycles. The van der Waals surface area contributed by atoms with E-state index in [4.69, 9.17) is 21.4 Å². The van der Waals surface area contributed by atoms with Crippen molar-refractivity contribution in [3.8, 4) is 5.75 Å². The standard InChI is InChI=1S/C25H27ClN2O5S/c1-19-3-13-24(14-4-19)34(31,32)28(17-20-5-7-21(26)8-6-20)22-9-11-23(12-10-22)33-18-25(30)27-15-2-16-29/h3-14,29H,2,15-18H2,1H3,(H,27,30). The van der Waals surface area contributed by atoms with Crippen LogP contribution in [0.4, 0.5) is 5.69 Å². The van der Waals surface area contributed by atoms with Crippen molar-refractivity contribution < 1.29 is 23.1 Å². The number of ether oxygens (including phenoxy) is 1. The maximum absolute atomic E-state index is 13.5. The van der Waals surface area contributed by atoms with Crippen LogP contribution in [-0.4, -0.2) is 39.2 Å². The molecule has 0 fully saturated rings. The zero-order valence-electron chi connectivity index (χ0n) is 18.8. The van der Waals surface area contributed by atoms with E-state index >= 15 is 0 Å². The van der Waals surface area contributed by atoms with E-state index in [1.54, 1.807) is 72.8 Å². The smallest absolute Gasteiger partial charge is 0.264 e. The summed E-state index contributed by atoms with van der Waals surface area (Å²) in [5, 5.41) is 12.0. The highest BCUT2D eigenvalue weighted by Crippen LogP contribution is 2.28. The van der Waals surface area contributed by atoms with Crippen molar-refractivity contribution in [3.05, 3.63) is 88.9 Å². The number of aliphatic hydroxyl groups excluding tert-OH is 1. The number of benzene rings is 3.